The molecule has 4 rings (SSSR count). The van der Waals surface area contributed by atoms with Gasteiger partial charge in [-0.1, -0.05) is 46.4 Å². The Bertz CT molecular complexity index is 1070. The zero-order valence-electron chi connectivity index (χ0n) is 15.4. The highest BCUT2D eigenvalue weighted by Crippen LogP contribution is 2.39. The van der Waals surface area contributed by atoms with Gasteiger partial charge in [0.2, 0.25) is 0 Å². The van der Waals surface area contributed by atoms with E-state index in [1.54, 1.807) is 24.3 Å². The van der Waals surface area contributed by atoms with Gasteiger partial charge in [-0.15, -0.1) is 0 Å². The topological polar surface area (TPSA) is 74.8 Å². The maximum absolute atomic E-state index is 11.9. The van der Waals surface area contributed by atoms with E-state index in [2.05, 4.69) is 0 Å². The molecule has 2 aliphatic heterocycles. The first-order chi connectivity index (χ1) is 14.7. The average Bonchev–Trinajstić information content (AvgIpc) is 3.17. The minimum Gasteiger partial charge on any atom is -0.269 e. The molecule has 0 N–H and O–H groups in total. The fourth-order valence-corrected chi connectivity index (χ4v) is 4.75. The Hall–Kier alpha value is -2.64. The van der Waals surface area contributed by atoms with Crippen molar-refractivity contribution in [1.29, 1.82) is 0 Å². The van der Waals surface area contributed by atoms with Crippen molar-refractivity contribution in [2.45, 2.75) is 6.42 Å². The van der Waals surface area contributed by atoms with E-state index in [0.29, 0.717) is 17.5 Å². The zero-order chi connectivity index (χ0) is 22.4. The fraction of sp³-hybridized carbons (Fsp3) is 0.0476. The van der Waals surface area contributed by atoms with Crippen LogP contribution in [-0.4, -0.2) is 23.6 Å². The highest BCUT2D eigenvalue weighted by atomic mass is 35.5. The van der Waals surface area contributed by atoms with E-state index in [1.807, 2.05) is 0 Å². The van der Waals surface area contributed by atoms with Crippen LogP contribution >= 0.6 is 46.4 Å². The largest absolute Gasteiger partial charge is 0.269 e. The summed E-state index contributed by atoms with van der Waals surface area (Å²) in [5, 5.41) is 0.504. The number of carbonyl (C=O) groups is 4. The molecule has 2 aromatic rings. The molecule has 0 saturated heterocycles. The lowest BCUT2D eigenvalue weighted by Gasteiger charge is -2.19. The van der Waals surface area contributed by atoms with E-state index in [-0.39, 0.29) is 31.5 Å². The summed E-state index contributed by atoms with van der Waals surface area (Å²) in [6.45, 7) is 0. The number of anilines is 2. The first-order valence-corrected chi connectivity index (χ1v) is 10.3. The molecule has 0 atom stereocenters. The molecular formula is C21H10Cl4N2O4. The minimum atomic E-state index is -0.531. The molecule has 2 heterocycles. The third kappa shape index (κ3) is 3.88. The predicted octanol–water partition coefficient (Wildman–Crippen LogP) is 4.75. The van der Waals surface area contributed by atoms with Crippen molar-refractivity contribution >= 4 is 81.4 Å². The number of rotatable bonds is 4. The summed E-state index contributed by atoms with van der Waals surface area (Å²) in [4.78, 5) is 49.6. The summed E-state index contributed by atoms with van der Waals surface area (Å²) >= 11 is 25.3. The van der Waals surface area contributed by atoms with Crippen molar-refractivity contribution in [2.24, 2.45) is 0 Å². The quantitative estimate of drug-likeness (QED) is 0.573. The molecule has 0 spiro atoms. The van der Waals surface area contributed by atoms with Crippen LogP contribution in [-0.2, 0) is 25.6 Å². The highest BCUT2D eigenvalue weighted by Gasteiger charge is 2.30. The van der Waals surface area contributed by atoms with Gasteiger partial charge in [-0.25, -0.2) is 9.80 Å². The number of carbonyl (C=O) groups excluding carboxylic acids is 4. The SMILES string of the molecule is O=C1C=CC(=O)N1c1c(Cl)cc(Cc2cc(Cl)c(N3C(=O)C=CC3=O)c(Cl)c2)cc1Cl. The third-order valence-electron chi connectivity index (χ3n) is 4.63. The third-order valence-corrected chi connectivity index (χ3v) is 5.78. The number of imide groups is 2. The van der Waals surface area contributed by atoms with Crippen molar-refractivity contribution in [3.05, 3.63) is 79.8 Å². The van der Waals surface area contributed by atoms with Crippen molar-refractivity contribution in [3.8, 4) is 0 Å². The van der Waals surface area contributed by atoms with Crippen molar-refractivity contribution in [1.82, 2.24) is 0 Å². The van der Waals surface area contributed by atoms with E-state index in [0.717, 1.165) is 34.1 Å². The molecule has 0 unspecified atom stereocenters. The van der Waals surface area contributed by atoms with Crippen LogP contribution in [0.15, 0.2) is 48.6 Å². The van der Waals surface area contributed by atoms with Crippen LogP contribution in [0.2, 0.25) is 20.1 Å². The molecule has 2 aliphatic rings. The van der Waals surface area contributed by atoms with E-state index in [4.69, 9.17) is 46.4 Å². The number of amides is 4. The molecule has 10 heteroatoms. The summed E-state index contributed by atoms with van der Waals surface area (Å²) in [6.07, 6.45) is 4.86. The van der Waals surface area contributed by atoms with Gasteiger partial charge in [0.1, 0.15) is 0 Å². The number of hydrogen-bond donors (Lipinski definition) is 0. The van der Waals surface area contributed by atoms with Gasteiger partial charge in [-0.05, 0) is 41.8 Å². The van der Waals surface area contributed by atoms with Crippen LogP contribution in [0, 0.1) is 0 Å². The van der Waals surface area contributed by atoms with E-state index >= 15 is 0 Å². The summed E-state index contributed by atoms with van der Waals surface area (Å²) < 4.78 is 0. The lowest BCUT2D eigenvalue weighted by atomic mass is 10.0. The number of nitrogens with zero attached hydrogens (tertiary/aromatic N) is 2. The normalized spacial score (nSPS) is 15.7. The predicted molar refractivity (Wildman–Crippen MR) is 119 cm³/mol. The number of benzene rings is 2. The standard InChI is InChI=1S/C21H10Cl4N2O4/c22-12-6-10(7-13(23)20(12)26-16(28)1-2-17(26)29)5-11-8-14(24)21(15(25)9-11)27-18(30)3-4-19(27)31/h1-4,6-9H,5H2. The zero-order valence-corrected chi connectivity index (χ0v) is 18.4. The van der Waals surface area contributed by atoms with Crippen LogP contribution in [0.3, 0.4) is 0 Å². The van der Waals surface area contributed by atoms with Gasteiger partial charge in [0, 0.05) is 24.3 Å². The van der Waals surface area contributed by atoms with Gasteiger partial charge in [0.25, 0.3) is 23.6 Å². The first kappa shape index (κ1) is 21.6. The van der Waals surface area contributed by atoms with Crippen molar-refractivity contribution in [3.63, 3.8) is 0 Å². The molecule has 6 nitrogen and oxygen atoms in total. The van der Waals surface area contributed by atoms with E-state index < -0.39 is 23.6 Å². The second kappa shape index (κ2) is 8.13. The average molecular weight is 496 g/mol. The molecule has 156 valence electrons. The molecule has 2 aromatic carbocycles. The summed E-state index contributed by atoms with van der Waals surface area (Å²) in [5.74, 6) is -2.13. The van der Waals surface area contributed by atoms with Crippen LogP contribution in [0.1, 0.15) is 11.1 Å². The smallest absolute Gasteiger partial charge is 0.258 e. The van der Waals surface area contributed by atoms with Crippen LogP contribution < -0.4 is 9.80 Å². The molecule has 0 bridgehead atoms. The first-order valence-electron chi connectivity index (χ1n) is 8.75. The van der Waals surface area contributed by atoms with Crippen LogP contribution in [0.25, 0.3) is 0 Å². The Balaban J connectivity index is 1.64. The van der Waals surface area contributed by atoms with Gasteiger partial charge in [-0.2, -0.15) is 0 Å². The summed E-state index contributed by atoms with van der Waals surface area (Å²) in [5.41, 5.74) is 1.55. The van der Waals surface area contributed by atoms with E-state index in [1.165, 1.54) is 0 Å². The molecule has 0 saturated carbocycles. The van der Waals surface area contributed by atoms with Crippen LogP contribution in [0.5, 0.6) is 0 Å². The lowest BCUT2D eigenvalue weighted by Crippen LogP contribution is -2.30. The second-order valence-corrected chi connectivity index (χ2v) is 8.31. The van der Waals surface area contributed by atoms with Gasteiger partial charge >= 0.3 is 0 Å². The monoisotopic (exact) mass is 494 g/mol. The van der Waals surface area contributed by atoms with Crippen molar-refractivity contribution in [2.75, 3.05) is 9.80 Å². The molecule has 0 aromatic heterocycles. The number of hydrogen-bond acceptors (Lipinski definition) is 4. The Morgan fingerprint density at radius 3 is 1.03 bits per heavy atom. The van der Waals surface area contributed by atoms with Gasteiger partial charge < -0.3 is 0 Å². The van der Waals surface area contributed by atoms with Gasteiger partial charge in [0.05, 0.1) is 31.5 Å². The Morgan fingerprint density at radius 2 is 0.774 bits per heavy atom. The Morgan fingerprint density at radius 1 is 0.516 bits per heavy atom. The molecule has 31 heavy (non-hydrogen) atoms. The lowest BCUT2D eigenvalue weighted by molar-refractivity contribution is -0.121. The van der Waals surface area contributed by atoms with Gasteiger partial charge in [0.15, 0.2) is 0 Å². The minimum absolute atomic E-state index is 0.108. The molecule has 0 fully saturated rings. The Kier molecular flexibility index (Phi) is 5.66. The molecule has 0 radical (unpaired) electrons. The maximum atomic E-state index is 11.9. The van der Waals surface area contributed by atoms with E-state index in [9.17, 15) is 19.2 Å². The molecular weight excluding hydrogens is 486 g/mol. The molecule has 0 aliphatic carbocycles. The maximum Gasteiger partial charge on any atom is 0.258 e. The van der Waals surface area contributed by atoms with Crippen molar-refractivity contribution < 1.29 is 19.2 Å². The summed E-state index contributed by atoms with van der Waals surface area (Å²) in [6, 6.07) is 6.31. The number of halogens is 4. The highest BCUT2D eigenvalue weighted by molar-refractivity contribution is 6.44. The molecule has 4 amide bonds. The van der Waals surface area contributed by atoms with Gasteiger partial charge in [-0.3, -0.25) is 19.2 Å². The van der Waals surface area contributed by atoms with Crippen LogP contribution in [0.4, 0.5) is 11.4 Å². The summed E-state index contributed by atoms with van der Waals surface area (Å²) in [7, 11) is 0. The fourth-order valence-electron chi connectivity index (χ4n) is 3.34. The Labute approximate surface area is 196 Å². The second-order valence-electron chi connectivity index (χ2n) is 6.68.